The predicted octanol–water partition coefficient (Wildman–Crippen LogP) is 1.03. The number of carbonyl (C=O) groups excluding carboxylic acids is 1. The molecule has 0 bridgehead atoms. The van der Waals surface area contributed by atoms with E-state index in [0.29, 0.717) is 6.54 Å². The van der Waals surface area contributed by atoms with Gasteiger partial charge in [0.15, 0.2) is 0 Å². The summed E-state index contributed by atoms with van der Waals surface area (Å²) in [6.07, 6.45) is 4.05. The molecule has 0 radical (unpaired) electrons. The van der Waals surface area contributed by atoms with Gasteiger partial charge in [-0.3, -0.25) is 4.79 Å². The molecule has 2 aliphatic rings. The lowest BCUT2D eigenvalue weighted by Crippen LogP contribution is -2.43. The number of morpholine rings is 1. The Hall–Kier alpha value is -0.220. The fourth-order valence-corrected chi connectivity index (χ4v) is 3.22. The molecule has 14 heavy (non-hydrogen) atoms. The normalized spacial score (nSPS) is 33.9. The Kier molecular flexibility index (Phi) is 3.70. The second kappa shape index (κ2) is 5.03. The molecule has 80 valence electrons. The van der Waals surface area contributed by atoms with E-state index in [2.05, 4.69) is 5.32 Å². The number of hydrogen-bond donors (Lipinski definition) is 1. The highest BCUT2D eigenvalue weighted by Crippen LogP contribution is 2.26. The Morgan fingerprint density at radius 3 is 3.14 bits per heavy atom. The number of rotatable bonds is 2. The number of ether oxygens (including phenoxy) is 1. The van der Waals surface area contributed by atoms with E-state index in [-0.39, 0.29) is 18.6 Å². The third-order valence-corrected chi connectivity index (χ3v) is 4.11. The first-order valence-electron chi connectivity index (χ1n) is 5.30. The molecule has 0 aromatic heterocycles. The maximum absolute atomic E-state index is 10.9. The average Bonchev–Trinajstić information content (AvgIpc) is 2.23. The van der Waals surface area contributed by atoms with Crippen LogP contribution in [0.5, 0.6) is 0 Å². The van der Waals surface area contributed by atoms with Crippen molar-refractivity contribution in [3.8, 4) is 0 Å². The van der Waals surface area contributed by atoms with Crippen LogP contribution in [0.4, 0.5) is 0 Å². The zero-order valence-corrected chi connectivity index (χ0v) is 9.15. The van der Waals surface area contributed by atoms with Crippen LogP contribution in [0, 0.1) is 5.92 Å². The summed E-state index contributed by atoms with van der Waals surface area (Å²) < 4.78 is 5.47. The van der Waals surface area contributed by atoms with Crippen LogP contribution in [0.15, 0.2) is 0 Å². The summed E-state index contributed by atoms with van der Waals surface area (Å²) in [7, 11) is 0. The summed E-state index contributed by atoms with van der Waals surface area (Å²) in [5.41, 5.74) is 0. The molecule has 2 atom stereocenters. The highest BCUT2D eigenvalue weighted by atomic mass is 32.2. The topological polar surface area (TPSA) is 38.3 Å². The Bertz CT molecular complexity index is 194. The molecular formula is C10H17NO2S. The van der Waals surface area contributed by atoms with Crippen molar-refractivity contribution in [2.75, 3.05) is 24.7 Å². The van der Waals surface area contributed by atoms with Crippen molar-refractivity contribution in [2.45, 2.75) is 25.4 Å². The average molecular weight is 215 g/mol. The van der Waals surface area contributed by atoms with E-state index >= 15 is 0 Å². The summed E-state index contributed by atoms with van der Waals surface area (Å²) in [5.74, 6) is 3.42. The van der Waals surface area contributed by atoms with Crippen molar-refractivity contribution in [1.29, 1.82) is 0 Å². The second-order valence-corrected chi connectivity index (χ2v) is 5.21. The Labute approximate surface area is 89.0 Å². The molecule has 0 aliphatic carbocycles. The summed E-state index contributed by atoms with van der Waals surface area (Å²) >= 11 is 2.05. The number of thioether (sulfide) groups is 1. The Balaban J connectivity index is 1.71. The van der Waals surface area contributed by atoms with Crippen molar-refractivity contribution in [1.82, 2.24) is 5.32 Å². The van der Waals surface area contributed by atoms with E-state index in [9.17, 15) is 4.79 Å². The predicted molar refractivity (Wildman–Crippen MR) is 57.4 cm³/mol. The minimum absolute atomic E-state index is 0.0271. The molecule has 1 amide bonds. The zero-order chi connectivity index (χ0) is 9.80. The van der Waals surface area contributed by atoms with Gasteiger partial charge >= 0.3 is 0 Å². The van der Waals surface area contributed by atoms with E-state index in [1.807, 2.05) is 11.8 Å². The standard InChI is InChI=1S/C10H17NO2S/c12-10-6-13-9(5-11-10)4-8-2-1-3-14-7-8/h8-9H,1-7H2,(H,11,12). The van der Waals surface area contributed by atoms with Gasteiger partial charge in [0.2, 0.25) is 5.91 Å². The highest BCUT2D eigenvalue weighted by Gasteiger charge is 2.23. The minimum atomic E-state index is 0.0271. The molecule has 2 heterocycles. The largest absolute Gasteiger partial charge is 0.367 e. The molecule has 2 fully saturated rings. The fraction of sp³-hybridized carbons (Fsp3) is 0.900. The molecule has 0 aromatic rings. The van der Waals surface area contributed by atoms with E-state index in [1.165, 1.54) is 24.3 Å². The third-order valence-electron chi connectivity index (χ3n) is 2.83. The van der Waals surface area contributed by atoms with E-state index in [1.54, 1.807) is 0 Å². The number of carbonyl (C=O) groups is 1. The summed E-state index contributed by atoms with van der Waals surface area (Å²) in [4.78, 5) is 10.9. The van der Waals surface area contributed by atoms with Gasteiger partial charge in [0.1, 0.15) is 6.61 Å². The molecule has 4 heteroatoms. The number of nitrogens with one attached hydrogen (secondary N) is 1. The van der Waals surface area contributed by atoms with Crippen LogP contribution in [0.2, 0.25) is 0 Å². The molecule has 0 aromatic carbocycles. The van der Waals surface area contributed by atoms with Crippen LogP contribution in [0.1, 0.15) is 19.3 Å². The minimum Gasteiger partial charge on any atom is -0.367 e. The maximum atomic E-state index is 10.9. The molecule has 2 rings (SSSR count). The van der Waals surface area contributed by atoms with E-state index in [4.69, 9.17) is 4.74 Å². The van der Waals surface area contributed by atoms with Crippen LogP contribution < -0.4 is 5.32 Å². The molecule has 2 aliphatic heterocycles. The van der Waals surface area contributed by atoms with Crippen LogP contribution in [0.25, 0.3) is 0 Å². The molecule has 0 spiro atoms. The van der Waals surface area contributed by atoms with Crippen LogP contribution in [-0.2, 0) is 9.53 Å². The lowest BCUT2D eigenvalue weighted by molar-refractivity contribution is -0.133. The van der Waals surface area contributed by atoms with Crippen molar-refractivity contribution in [3.05, 3.63) is 0 Å². The van der Waals surface area contributed by atoms with Crippen molar-refractivity contribution < 1.29 is 9.53 Å². The summed E-state index contributed by atoms with van der Waals surface area (Å²) in [6.45, 7) is 0.963. The SMILES string of the molecule is O=C1COC(CC2CCCSC2)CN1. The van der Waals surface area contributed by atoms with E-state index < -0.39 is 0 Å². The molecule has 1 N–H and O–H groups in total. The fourth-order valence-electron chi connectivity index (χ4n) is 2.05. The zero-order valence-electron chi connectivity index (χ0n) is 8.33. The van der Waals surface area contributed by atoms with Gasteiger partial charge in [-0.05, 0) is 36.7 Å². The lowest BCUT2D eigenvalue weighted by Gasteiger charge is -2.28. The summed E-state index contributed by atoms with van der Waals surface area (Å²) in [5, 5.41) is 2.85. The first-order valence-corrected chi connectivity index (χ1v) is 6.46. The molecule has 2 unspecified atom stereocenters. The number of amides is 1. The maximum Gasteiger partial charge on any atom is 0.246 e. The van der Waals surface area contributed by atoms with Gasteiger partial charge in [0.05, 0.1) is 6.10 Å². The van der Waals surface area contributed by atoms with E-state index in [0.717, 1.165) is 12.3 Å². The van der Waals surface area contributed by atoms with Gasteiger partial charge in [0, 0.05) is 6.54 Å². The third kappa shape index (κ3) is 2.89. The Morgan fingerprint density at radius 2 is 2.50 bits per heavy atom. The van der Waals surface area contributed by atoms with Gasteiger partial charge in [0.25, 0.3) is 0 Å². The molecule has 3 nitrogen and oxygen atoms in total. The van der Waals surface area contributed by atoms with Crippen molar-refractivity contribution in [2.24, 2.45) is 5.92 Å². The first-order chi connectivity index (χ1) is 6.84. The Morgan fingerprint density at radius 1 is 1.57 bits per heavy atom. The summed E-state index contributed by atoms with van der Waals surface area (Å²) in [6, 6.07) is 0. The highest BCUT2D eigenvalue weighted by molar-refractivity contribution is 7.99. The quantitative estimate of drug-likeness (QED) is 0.748. The van der Waals surface area contributed by atoms with Crippen LogP contribution in [-0.4, -0.2) is 36.7 Å². The monoisotopic (exact) mass is 215 g/mol. The first kappa shape index (κ1) is 10.3. The lowest BCUT2D eigenvalue weighted by atomic mass is 9.97. The molecule has 0 saturated carbocycles. The van der Waals surface area contributed by atoms with Crippen LogP contribution >= 0.6 is 11.8 Å². The van der Waals surface area contributed by atoms with Gasteiger partial charge in [-0.25, -0.2) is 0 Å². The van der Waals surface area contributed by atoms with Gasteiger partial charge < -0.3 is 10.1 Å². The van der Waals surface area contributed by atoms with Gasteiger partial charge in [-0.1, -0.05) is 0 Å². The molecule has 2 saturated heterocycles. The number of hydrogen-bond acceptors (Lipinski definition) is 3. The molecular weight excluding hydrogens is 198 g/mol. The van der Waals surface area contributed by atoms with Crippen LogP contribution in [0.3, 0.4) is 0 Å². The van der Waals surface area contributed by atoms with Gasteiger partial charge in [-0.15, -0.1) is 0 Å². The van der Waals surface area contributed by atoms with Crippen molar-refractivity contribution >= 4 is 17.7 Å². The second-order valence-electron chi connectivity index (χ2n) is 4.06. The smallest absolute Gasteiger partial charge is 0.246 e. The van der Waals surface area contributed by atoms with Gasteiger partial charge in [-0.2, -0.15) is 11.8 Å². The van der Waals surface area contributed by atoms with Crippen molar-refractivity contribution in [3.63, 3.8) is 0 Å².